The minimum Gasteiger partial charge on any atom is -0.495 e. The van der Waals surface area contributed by atoms with Crippen molar-refractivity contribution in [2.45, 2.75) is 6.54 Å². The van der Waals surface area contributed by atoms with Crippen molar-refractivity contribution in [1.82, 2.24) is 15.3 Å². The third kappa shape index (κ3) is 4.49. The Morgan fingerprint density at radius 2 is 2.00 bits per heavy atom. The van der Waals surface area contributed by atoms with Gasteiger partial charge in [-0.2, -0.15) is 0 Å². The largest absolute Gasteiger partial charge is 0.495 e. The molecular formula is C19H17ClN4O2. The summed E-state index contributed by atoms with van der Waals surface area (Å²) in [5.74, 6) is 0.365. The summed E-state index contributed by atoms with van der Waals surface area (Å²) in [7, 11) is 1.57. The monoisotopic (exact) mass is 368 g/mol. The summed E-state index contributed by atoms with van der Waals surface area (Å²) < 4.78 is 5.13. The van der Waals surface area contributed by atoms with E-state index < -0.39 is 0 Å². The molecule has 0 fully saturated rings. The molecule has 0 radical (unpaired) electrons. The van der Waals surface area contributed by atoms with Crippen molar-refractivity contribution in [2.24, 2.45) is 0 Å². The first-order chi connectivity index (χ1) is 12.7. The molecule has 0 saturated carbocycles. The molecule has 132 valence electrons. The van der Waals surface area contributed by atoms with Gasteiger partial charge in [-0.3, -0.25) is 9.78 Å². The van der Waals surface area contributed by atoms with Crippen LogP contribution in [0.15, 0.2) is 61.1 Å². The fourth-order valence-corrected chi connectivity index (χ4v) is 2.55. The zero-order valence-electron chi connectivity index (χ0n) is 14.1. The lowest BCUT2D eigenvalue weighted by Crippen LogP contribution is -2.23. The molecule has 1 amide bonds. The number of nitrogens with one attached hydrogen (secondary N) is 2. The van der Waals surface area contributed by atoms with E-state index in [9.17, 15) is 4.79 Å². The Morgan fingerprint density at radius 3 is 2.65 bits per heavy atom. The van der Waals surface area contributed by atoms with Crippen LogP contribution in [0, 0.1) is 0 Å². The van der Waals surface area contributed by atoms with Gasteiger partial charge in [0.1, 0.15) is 11.4 Å². The summed E-state index contributed by atoms with van der Waals surface area (Å²) >= 11 is 6.11. The highest BCUT2D eigenvalue weighted by atomic mass is 35.5. The summed E-state index contributed by atoms with van der Waals surface area (Å²) in [6, 6.07) is 12.5. The Kier molecular flexibility index (Phi) is 5.66. The zero-order chi connectivity index (χ0) is 18.4. The lowest BCUT2D eigenvalue weighted by molar-refractivity contribution is 0.0946. The van der Waals surface area contributed by atoms with E-state index >= 15 is 0 Å². The maximum absolute atomic E-state index is 12.2. The van der Waals surface area contributed by atoms with Crippen LogP contribution in [-0.4, -0.2) is 23.0 Å². The number of carbonyl (C=O) groups is 1. The predicted octanol–water partition coefficient (Wildman–Crippen LogP) is 3.81. The highest BCUT2D eigenvalue weighted by molar-refractivity contribution is 6.32. The number of carbonyl (C=O) groups excluding carboxylic acids is 1. The molecule has 0 atom stereocenters. The van der Waals surface area contributed by atoms with Crippen LogP contribution in [-0.2, 0) is 6.54 Å². The van der Waals surface area contributed by atoms with E-state index in [-0.39, 0.29) is 5.91 Å². The lowest BCUT2D eigenvalue weighted by Gasteiger charge is -2.09. The fourth-order valence-electron chi connectivity index (χ4n) is 2.29. The van der Waals surface area contributed by atoms with Gasteiger partial charge in [0.25, 0.3) is 5.91 Å². The van der Waals surface area contributed by atoms with Crippen molar-refractivity contribution >= 4 is 28.9 Å². The molecule has 7 heteroatoms. The van der Waals surface area contributed by atoms with Crippen molar-refractivity contribution in [3.8, 4) is 5.75 Å². The van der Waals surface area contributed by atoms with E-state index in [1.165, 1.54) is 0 Å². The molecule has 1 aromatic carbocycles. The number of hydrogen-bond acceptors (Lipinski definition) is 5. The third-order valence-electron chi connectivity index (χ3n) is 3.61. The van der Waals surface area contributed by atoms with Crippen LogP contribution in [0.3, 0.4) is 0 Å². The van der Waals surface area contributed by atoms with Crippen LogP contribution in [0.25, 0.3) is 0 Å². The van der Waals surface area contributed by atoms with Gasteiger partial charge < -0.3 is 15.4 Å². The quantitative estimate of drug-likeness (QED) is 0.691. The number of hydrogen-bond donors (Lipinski definition) is 2. The molecule has 0 saturated heterocycles. The van der Waals surface area contributed by atoms with Gasteiger partial charge in [0.05, 0.1) is 24.0 Å². The van der Waals surface area contributed by atoms with Crippen LogP contribution in [0.1, 0.15) is 16.1 Å². The van der Waals surface area contributed by atoms with Crippen molar-refractivity contribution < 1.29 is 9.53 Å². The molecule has 2 aromatic heterocycles. The average molecular weight is 369 g/mol. The highest BCUT2D eigenvalue weighted by Crippen LogP contribution is 2.28. The average Bonchev–Trinajstić information content (AvgIpc) is 2.68. The van der Waals surface area contributed by atoms with E-state index in [1.54, 1.807) is 50.0 Å². The van der Waals surface area contributed by atoms with Gasteiger partial charge in [-0.25, -0.2) is 4.98 Å². The van der Waals surface area contributed by atoms with Gasteiger partial charge >= 0.3 is 0 Å². The van der Waals surface area contributed by atoms with Crippen molar-refractivity contribution in [1.29, 1.82) is 0 Å². The van der Waals surface area contributed by atoms with Gasteiger partial charge in [0, 0.05) is 24.6 Å². The van der Waals surface area contributed by atoms with E-state index in [4.69, 9.17) is 16.3 Å². The molecule has 0 bridgehead atoms. The van der Waals surface area contributed by atoms with Crippen LogP contribution in [0.5, 0.6) is 5.75 Å². The number of halogens is 1. The second kappa shape index (κ2) is 8.31. The van der Waals surface area contributed by atoms with Gasteiger partial charge in [-0.15, -0.1) is 0 Å². The SMILES string of the molecule is COc1ccc(Nc2ccc(C(=O)NCc3cccnc3)nc2)cc1Cl. The van der Waals surface area contributed by atoms with E-state index in [2.05, 4.69) is 20.6 Å². The van der Waals surface area contributed by atoms with Gasteiger partial charge in [-0.1, -0.05) is 17.7 Å². The zero-order valence-corrected chi connectivity index (χ0v) is 14.8. The Hall–Kier alpha value is -3.12. The Morgan fingerprint density at radius 1 is 1.15 bits per heavy atom. The number of nitrogens with zero attached hydrogens (tertiary/aromatic N) is 2. The first-order valence-electron chi connectivity index (χ1n) is 7.89. The molecule has 0 spiro atoms. The standard InChI is InChI=1S/C19H17ClN4O2/c1-26-18-7-5-14(9-16(18)20)24-15-4-6-17(22-12-15)19(25)23-11-13-3-2-8-21-10-13/h2-10,12,24H,11H2,1H3,(H,23,25). The maximum Gasteiger partial charge on any atom is 0.270 e. The first kappa shape index (κ1) is 17.7. The number of methoxy groups -OCH3 is 1. The summed E-state index contributed by atoms with van der Waals surface area (Å²) in [6.45, 7) is 0.401. The molecule has 6 nitrogen and oxygen atoms in total. The number of rotatable bonds is 6. The van der Waals surface area contributed by atoms with Crippen LogP contribution < -0.4 is 15.4 Å². The van der Waals surface area contributed by atoms with Gasteiger partial charge in [-0.05, 0) is 42.0 Å². The first-order valence-corrected chi connectivity index (χ1v) is 8.27. The van der Waals surface area contributed by atoms with Gasteiger partial charge in [0.15, 0.2) is 0 Å². The second-order valence-corrected chi connectivity index (χ2v) is 5.86. The predicted molar refractivity (Wildman–Crippen MR) is 101 cm³/mol. The molecule has 0 aliphatic carbocycles. The summed E-state index contributed by atoms with van der Waals surface area (Å²) in [6.07, 6.45) is 4.99. The van der Waals surface area contributed by atoms with E-state index in [0.717, 1.165) is 16.9 Å². The summed E-state index contributed by atoms with van der Waals surface area (Å²) in [4.78, 5) is 20.4. The molecular weight excluding hydrogens is 352 g/mol. The summed E-state index contributed by atoms with van der Waals surface area (Å²) in [5.41, 5.74) is 2.81. The number of benzene rings is 1. The van der Waals surface area contributed by atoms with E-state index in [0.29, 0.717) is 23.0 Å². The maximum atomic E-state index is 12.2. The van der Waals surface area contributed by atoms with Crippen molar-refractivity contribution in [2.75, 3.05) is 12.4 Å². The smallest absolute Gasteiger partial charge is 0.270 e. The molecule has 0 unspecified atom stereocenters. The minimum atomic E-state index is -0.243. The molecule has 0 aliphatic rings. The number of anilines is 2. The number of amides is 1. The van der Waals surface area contributed by atoms with Crippen molar-refractivity contribution in [3.05, 3.63) is 77.3 Å². The Labute approximate surface area is 156 Å². The number of pyridine rings is 2. The van der Waals surface area contributed by atoms with Crippen LogP contribution in [0.4, 0.5) is 11.4 Å². The topological polar surface area (TPSA) is 76.1 Å². The molecule has 2 heterocycles. The highest BCUT2D eigenvalue weighted by Gasteiger charge is 2.08. The Bertz CT molecular complexity index is 886. The molecule has 3 rings (SSSR count). The number of ether oxygens (including phenoxy) is 1. The fraction of sp³-hybridized carbons (Fsp3) is 0.105. The number of aromatic nitrogens is 2. The molecule has 2 N–H and O–H groups in total. The summed E-state index contributed by atoms with van der Waals surface area (Å²) in [5, 5.41) is 6.50. The minimum absolute atomic E-state index is 0.243. The van der Waals surface area contributed by atoms with Crippen molar-refractivity contribution in [3.63, 3.8) is 0 Å². The lowest BCUT2D eigenvalue weighted by atomic mass is 10.2. The third-order valence-corrected chi connectivity index (χ3v) is 3.91. The molecule has 26 heavy (non-hydrogen) atoms. The molecule has 0 aliphatic heterocycles. The normalized spacial score (nSPS) is 10.2. The van der Waals surface area contributed by atoms with E-state index in [1.807, 2.05) is 18.2 Å². The van der Waals surface area contributed by atoms with Crippen LogP contribution in [0.2, 0.25) is 5.02 Å². The molecule has 3 aromatic rings. The second-order valence-electron chi connectivity index (χ2n) is 5.45. The van der Waals surface area contributed by atoms with Gasteiger partial charge in [0.2, 0.25) is 0 Å². The Balaban J connectivity index is 1.61. The van der Waals surface area contributed by atoms with Crippen LogP contribution >= 0.6 is 11.6 Å².